The zero-order chi connectivity index (χ0) is 35.7. The molecule has 0 spiro atoms. The first-order valence-electron chi connectivity index (χ1n) is 16.4. The summed E-state index contributed by atoms with van der Waals surface area (Å²) >= 11 is 0. The predicted molar refractivity (Wildman–Crippen MR) is 175 cm³/mol. The number of urea groups is 1. The molecular weight excluding hydrogens is 649 g/mol. The summed E-state index contributed by atoms with van der Waals surface area (Å²) in [6.45, 7) is 5.91. The summed E-state index contributed by atoms with van der Waals surface area (Å²) < 4.78 is 61.2. The van der Waals surface area contributed by atoms with Crippen LogP contribution in [0.15, 0.2) is 36.4 Å². The number of hydrogen-bond acceptors (Lipinski definition) is 8. The molecule has 0 aromatic heterocycles. The summed E-state index contributed by atoms with van der Waals surface area (Å²) in [5.74, 6) is -0.306. The molecule has 3 N–H and O–H groups in total. The highest BCUT2D eigenvalue weighted by atomic mass is 19.4. The summed E-state index contributed by atoms with van der Waals surface area (Å²) in [5.41, 5.74) is 0.751. The first-order valence-corrected chi connectivity index (χ1v) is 16.4. The van der Waals surface area contributed by atoms with E-state index in [0.29, 0.717) is 30.2 Å². The molecule has 2 aliphatic heterocycles. The second kappa shape index (κ2) is 16.9. The van der Waals surface area contributed by atoms with Gasteiger partial charge in [0.05, 0.1) is 36.8 Å². The molecule has 0 aliphatic carbocycles. The third-order valence-corrected chi connectivity index (χ3v) is 8.40. The van der Waals surface area contributed by atoms with E-state index >= 15 is 0 Å². The highest BCUT2D eigenvalue weighted by Gasteiger charge is 2.32. The minimum atomic E-state index is -4.49. The van der Waals surface area contributed by atoms with Crippen LogP contribution in [0, 0.1) is 5.92 Å². The fourth-order valence-electron chi connectivity index (χ4n) is 5.49. The molecule has 0 fully saturated rings. The van der Waals surface area contributed by atoms with Crippen LogP contribution in [-0.2, 0) is 9.53 Å². The number of likely N-dealkylation sites (N-methyl/N-ethyl adjacent to an activating group) is 1. The molecule has 2 heterocycles. The number of anilines is 2. The van der Waals surface area contributed by atoms with Gasteiger partial charge in [-0.3, -0.25) is 9.59 Å². The highest BCUT2D eigenvalue weighted by Crippen LogP contribution is 2.34. The summed E-state index contributed by atoms with van der Waals surface area (Å²) in [6.07, 6.45) is -5.21. The number of aliphatic hydroxyl groups is 1. The lowest BCUT2D eigenvalue weighted by atomic mass is 10.0. The number of halogens is 3. The Labute approximate surface area is 283 Å². The maximum absolute atomic E-state index is 14.2. The summed E-state index contributed by atoms with van der Waals surface area (Å²) in [4.78, 5) is 42.7. The van der Waals surface area contributed by atoms with Gasteiger partial charge in [0.25, 0.3) is 5.91 Å². The number of nitrogens with one attached hydrogen (secondary N) is 2. The van der Waals surface area contributed by atoms with E-state index in [1.54, 1.807) is 32.2 Å². The Hall–Kier alpha value is -4.24. The molecule has 4 atom stereocenters. The molecule has 2 aromatic rings. The van der Waals surface area contributed by atoms with Gasteiger partial charge in [-0.1, -0.05) is 6.92 Å². The van der Waals surface area contributed by atoms with E-state index in [-0.39, 0.29) is 61.5 Å². The molecule has 2 aliphatic rings. The second-order valence-corrected chi connectivity index (χ2v) is 12.6. The lowest BCUT2D eigenvalue weighted by Gasteiger charge is -2.35. The van der Waals surface area contributed by atoms with Crippen molar-refractivity contribution in [3.63, 3.8) is 0 Å². The number of nitrogens with zero attached hydrogens (tertiary/aromatic N) is 2. The van der Waals surface area contributed by atoms with E-state index in [0.717, 1.165) is 12.8 Å². The van der Waals surface area contributed by atoms with Crippen LogP contribution in [0.2, 0.25) is 0 Å². The van der Waals surface area contributed by atoms with Gasteiger partial charge in [0, 0.05) is 56.5 Å². The van der Waals surface area contributed by atoms with Crippen molar-refractivity contribution in [2.45, 2.75) is 77.3 Å². The number of benzene rings is 2. The molecule has 0 saturated carbocycles. The molecule has 2 aromatic carbocycles. The van der Waals surface area contributed by atoms with Crippen molar-refractivity contribution in [3.05, 3.63) is 42.0 Å². The van der Waals surface area contributed by atoms with Gasteiger partial charge in [-0.2, -0.15) is 13.2 Å². The average Bonchev–Trinajstić information content (AvgIpc) is 3.52. The van der Waals surface area contributed by atoms with Crippen molar-refractivity contribution in [1.82, 2.24) is 9.80 Å². The molecule has 270 valence electrons. The van der Waals surface area contributed by atoms with Crippen LogP contribution < -0.4 is 24.8 Å². The fraction of sp³-hybridized carbons (Fsp3) is 0.559. The van der Waals surface area contributed by atoms with Crippen molar-refractivity contribution in [2.24, 2.45) is 5.92 Å². The largest absolute Gasteiger partial charge is 0.490 e. The van der Waals surface area contributed by atoms with Gasteiger partial charge >= 0.3 is 12.2 Å². The maximum Gasteiger partial charge on any atom is 0.389 e. The van der Waals surface area contributed by atoms with Crippen molar-refractivity contribution in [2.75, 3.05) is 50.8 Å². The lowest BCUT2D eigenvalue weighted by molar-refractivity contribution is -0.142. The summed E-state index contributed by atoms with van der Waals surface area (Å²) in [6, 6.07) is 8.44. The van der Waals surface area contributed by atoms with Gasteiger partial charge in [0.1, 0.15) is 5.75 Å². The van der Waals surface area contributed by atoms with Gasteiger partial charge in [0.15, 0.2) is 11.5 Å². The molecule has 0 saturated heterocycles. The van der Waals surface area contributed by atoms with E-state index < -0.39 is 43.0 Å². The maximum atomic E-state index is 14.2. The molecule has 4 amide bonds. The molecule has 49 heavy (non-hydrogen) atoms. The van der Waals surface area contributed by atoms with Crippen molar-refractivity contribution in [3.8, 4) is 17.2 Å². The van der Waals surface area contributed by atoms with E-state index in [9.17, 15) is 32.7 Å². The Kier molecular flexibility index (Phi) is 13.0. The SMILES string of the molecule is C[C@H]1CCCCO[C@H](CN(C)C(=O)Nc2ccc3c(c2)OCO3)[C@@H](C)CN([C@@H](C)CO)C(=O)c2cc(NC(=O)CCC(F)(F)F)ccc2O1. The number of aliphatic hydroxyl groups excluding tert-OH is 1. The van der Waals surface area contributed by atoms with E-state index in [2.05, 4.69) is 10.6 Å². The number of fused-ring (bicyclic) bond motifs is 2. The number of carbonyl (C=O) groups is 3. The van der Waals surface area contributed by atoms with Crippen LogP contribution in [0.1, 0.15) is 63.2 Å². The van der Waals surface area contributed by atoms with Crippen molar-refractivity contribution < 1.29 is 51.6 Å². The first kappa shape index (κ1) is 37.6. The Bertz CT molecular complexity index is 1460. The zero-order valence-electron chi connectivity index (χ0n) is 28.2. The van der Waals surface area contributed by atoms with Gasteiger partial charge in [-0.15, -0.1) is 0 Å². The zero-order valence-corrected chi connectivity index (χ0v) is 28.2. The van der Waals surface area contributed by atoms with E-state index in [1.165, 1.54) is 28.0 Å². The van der Waals surface area contributed by atoms with E-state index in [1.807, 2.05) is 13.8 Å². The quantitative estimate of drug-likeness (QED) is 0.322. The molecule has 0 unspecified atom stereocenters. The lowest BCUT2D eigenvalue weighted by Crippen LogP contribution is -2.48. The highest BCUT2D eigenvalue weighted by molar-refractivity contribution is 5.99. The summed E-state index contributed by atoms with van der Waals surface area (Å²) in [5, 5.41) is 15.4. The summed E-state index contributed by atoms with van der Waals surface area (Å²) in [7, 11) is 1.64. The molecule has 0 bridgehead atoms. The first-order chi connectivity index (χ1) is 23.2. The smallest absolute Gasteiger partial charge is 0.389 e. The molecular formula is C34H45F3N4O8. The Morgan fingerprint density at radius 3 is 2.45 bits per heavy atom. The molecule has 15 heteroatoms. The Balaban J connectivity index is 1.55. The standard InChI is InChI=1S/C34H45F3N4O8/c1-21-17-41(22(2)19-42)32(44)26-15-24(38-31(43)12-13-34(35,36)37)8-10-27(26)49-23(3)7-5-6-14-46-30(21)18-40(4)33(45)39-25-9-11-28-29(16-25)48-20-47-28/h8-11,15-16,21-23,30,42H,5-7,12-14,17-20H2,1-4H3,(H,38,43)(H,39,45)/t21-,22-,23-,30+/m0/s1. The number of rotatable bonds is 8. The van der Waals surface area contributed by atoms with Crippen LogP contribution in [0.25, 0.3) is 0 Å². The average molecular weight is 695 g/mol. The van der Waals surface area contributed by atoms with Gasteiger partial charge in [0.2, 0.25) is 12.7 Å². The molecule has 12 nitrogen and oxygen atoms in total. The van der Waals surface area contributed by atoms with Gasteiger partial charge in [-0.05, 0) is 63.4 Å². The van der Waals surface area contributed by atoms with Gasteiger partial charge < -0.3 is 44.5 Å². The van der Waals surface area contributed by atoms with Crippen LogP contribution in [0.4, 0.5) is 29.3 Å². The van der Waals surface area contributed by atoms with Crippen molar-refractivity contribution >= 4 is 29.2 Å². The van der Waals surface area contributed by atoms with Crippen LogP contribution in [0.5, 0.6) is 17.2 Å². The number of ether oxygens (including phenoxy) is 4. The third-order valence-electron chi connectivity index (χ3n) is 8.40. The van der Waals surface area contributed by atoms with Crippen LogP contribution >= 0.6 is 0 Å². The number of amides is 4. The Morgan fingerprint density at radius 1 is 1.04 bits per heavy atom. The number of carbonyl (C=O) groups excluding carboxylic acids is 3. The second-order valence-electron chi connectivity index (χ2n) is 12.6. The minimum Gasteiger partial charge on any atom is -0.490 e. The fourth-order valence-corrected chi connectivity index (χ4v) is 5.49. The van der Waals surface area contributed by atoms with Crippen molar-refractivity contribution in [1.29, 1.82) is 0 Å². The number of hydrogen-bond donors (Lipinski definition) is 3. The van der Waals surface area contributed by atoms with Crippen LogP contribution in [0.3, 0.4) is 0 Å². The predicted octanol–water partition coefficient (Wildman–Crippen LogP) is 5.66. The monoisotopic (exact) mass is 694 g/mol. The normalized spacial score (nSPS) is 20.8. The topological polar surface area (TPSA) is 139 Å². The Morgan fingerprint density at radius 2 is 1.73 bits per heavy atom. The van der Waals surface area contributed by atoms with Gasteiger partial charge in [-0.25, -0.2) is 4.79 Å². The third kappa shape index (κ3) is 10.9. The molecule has 0 radical (unpaired) electrons. The molecule has 4 rings (SSSR count). The number of alkyl halides is 3. The van der Waals surface area contributed by atoms with E-state index in [4.69, 9.17) is 18.9 Å². The minimum absolute atomic E-state index is 0.0859. The van der Waals surface area contributed by atoms with Crippen LogP contribution in [-0.4, -0.2) is 97.3 Å².